The molecule has 1 saturated heterocycles. The second kappa shape index (κ2) is 8.43. The van der Waals surface area contributed by atoms with Gasteiger partial charge in [-0.25, -0.2) is 4.79 Å². The van der Waals surface area contributed by atoms with Crippen LogP contribution >= 0.6 is 0 Å². The van der Waals surface area contributed by atoms with Crippen LogP contribution in [0.3, 0.4) is 0 Å². The van der Waals surface area contributed by atoms with Crippen molar-refractivity contribution in [1.82, 2.24) is 5.32 Å². The number of benzene rings is 2. The summed E-state index contributed by atoms with van der Waals surface area (Å²) in [7, 11) is 0. The van der Waals surface area contributed by atoms with E-state index < -0.39 is 24.5 Å². The van der Waals surface area contributed by atoms with Gasteiger partial charge in [0.05, 0.1) is 6.61 Å². The largest absolute Gasteiger partial charge is 0.452 e. The van der Waals surface area contributed by atoms with Crippen LogP contribution < -0.4 is 5.32 Å². The van der Waals surface area contributed by atoms with Gasteiger partial charge in [-0.1, -0.05) is 60.7 Å². The first-order chi connectivity index (χ1) is 14.1. The van der Waals surface area contributed by atoms with E-state index in [9.17, 15) is 9.59 Å². The van der Waals surface area contributed by atoms with Crippen LogP contribution in [0.2, 0.25) is 0 Å². The van der Waals surface area contributed by atoms with Crippen LogP contribution in [0.25, 0.3) is 0 Å². The zero-order valence-electron chi connectivity index (χ0n) is 15.9. The molecule has 2 aromatic rings. The van der Waals surface area contributed by atoms with Crippen molar-refractivity contribution < 1.29 is 23.8 Å². The highest BCUT2D eigenvalue weighted by Gasteiger charge is 2.38. The third-order valence-corrected chi connectivity index (χ3v) is 4.68. The maximum absolute atomic E-state index is 12.3. The number of allylic oxidation sites excluding steroid dienone is 2. The Morgan fingerprint density at radius 1 is 1.07 bits per heavy atom. The summed E-state index contributed by atoms with van der Waals surface area (Å²) in [5, 5.41) is 2.96. The number of carbonyl (C=O) groups excluding carboxylic acids is 2. The lowest BCUT2D eigenvalue weighted by Crippen LogP contribution is -2.47. The molecule has 1 fully saturated rings. The minimum absolute atomic E-state index is 0.148. The number of nitrogens with one attached hydrogen (secondary N) is 1. The van der Waals surface area contributed by atoms with Gasteiger partial charge in [0.15, 0.2) is 18.2 Å². The first-order valence-electron chi connectivity index (χ1n) is 9.39. The normalized spacial score (nSPS) is 24.2. The second-order valence-corrected chi connectivity index (χ2v) is 6.88. The number of esters is 1. The maximum Gasteiger partial charge on any atom is 0.354 e. The summed E-state index contributed by atoms with van der Waals surface area (Å²) in [5.41, 5.74) is 2.25. The van der Waals surface area contributed by atoms with E-state index in [1.165, 1.54) is 6.08 Å². The molecule has 0 amide bonds. The summed E-state index contributed by atoms with van der Waals surface area (Å²) in [6.45, 7) is 1.97. The van der Waals surface area contributed by atoms with Crippen LogP contribution in [0, 0.1) is 0 Å². The number of carbonyl (C=O) groups is 2. The first kappa shape index (κ1) is 19.1. The molecule has 0 aromatic heterocycles. The molecule has 2 heterocycles. The second-order valence-electron chi connectivity index (χ2n) is 6.88. The van der Waals surface area contributed by atoms with Gasteiger partial charge >= 0.3 is 5.97 Å². The quantitative estimate of drug-likeness (QED) is 0.479. The van der Waals surface area contributed by atoms with Gasteiger partial charge in [0.1, 0.15) is 11.8 Å². The van der Waals surface area contributed by atoms with Crippen molar-refractivity contribution >= 4 is 11.8 Å². The van der Waals surface area contributed by atoms with Gasteiger partial charge in [-0.3, -0.25) is 4.79 Å². The predicted molar refractivity (Wildman–Crippen MR) is 106 cm³/mol. The molecule has 6 nitrogen and oxygen atoms in total. The zero-order valence-corrected chi connectivity index (χ0v) is 15.9. The highest BCUT2D eigenvalue weighted by molar-refractivity contribution is 6.04. The third-order valence-electron chi connectivity index (χ3n) is 4.68. The molecule has 0 spiro atoms. The van der Waals surface area contributed by atoms with Crippen LogP contribution in [0.4, 0.5) is 0 Å². The van der Waals surface area contributed by atoms with E-state index in [1.54, 1.807) is 37.3 Å². The molecule has 3 atom stereocenters. The molecule has 0 radical (unpaired) electrons. The number of hydrogen-bond donors (Lipinski definition) is 1. The summed E-state index contributed by atoms with van der Waals surface area (Å²) in [4.78, 5) is 24.6. The fourth-order valence-electron chi connectivity index (χ4n) is 3.24. The molecule has 0 saturated carbocycles. The summed E-state index contributed by atoms with van der Waals surface area (Å²) < 4.78 is 17.1. The van der Waals surface area contributed by atoms with E-state index in [1.807, 2.05) is 36.4 Å². The minimum atomic E-state index is -0.525. The number of fused-ring (bicyclic) bond motifs is 1. The van der Waals surface area contributed by atoms with E-state index in [0.717, 1.165) is 5.56 Å². The van der Waals surface area contributed by atoms with E-state index in [4.69, 9.17) is 14.2 Å². The SMILES string of the molecule is CC(=CC(=O)c1ccccc1)NC1=CC2OC(c3ccccc3)OCC2OC1=O. The molecule has 1 N–H and O–H groups in total. The fourth-order valence-corrected chi connectivity index (χ4v) is 3.24. The number of ketones is 1. The molecule has 29 heavy (non-hydrogen) atoms. The Morgan fingerprint density at radius 3 is 2.48 bits per heavy atom. The molecular formula is C23H21NO5. The van der Waals surface area contributed by atoms with Crippen molar-refractivity contribution in [3.05, 3.63) is 95.3 Å². The topological polar surface area (TPSA) is 73.9 Å². The summed E-state index contributed by atoms with van der Waals surface area (Å²) >= 11 is 0. The van der Waals surface area contributed by atoms with Crippen molar-refractivity contribution in [2.24, 2.45) is 0 Å². The molecule has 6 heteroatoms. The van der Waals surface area contributed by atoms with Crippen molar-refractivity contribution in [3.63, 3.8) is 0 Å². The van der Waals surface area contributed by atoms with Gasteiger partial charge in [-0.05, 0) is 13.0 Å². The fraction of sp³-hybridized carbons (Fsp3) is 0.217. The van der Waals surface area contributed by atoms with Crippen LogP contribution in [0.15, 0.2) is 84.2 Å². The highest BCUT2D eigenvalue weighted by atomic mass is 16.7. The molecule has 0 bridgehead atoms. The van der Waals surface area contributed by atoms with Crippen LogP contribution in [0.5, 0.6) is 0 Å². The van der Waals surface area contributed by atoms with Gasteiger partial charge in [-0.2, -0.15) is 0 Å². The minimum Gasteiger partial charge on any atom is -0.452 e. The zero-order chi connectivity index (χ0) is 20.2. The Labute approximate surface area is 168 Å². The van der Waals surface area contributed by atoms with Crippen molar-refractivity contribution in [1.29, 1.82) is 0 Å². The van der Waals surface area contributed by atoms with Crippen LogP contribution in [0.1, 0.15) is 29.1 Å². The van der Waals surface area contributed by atoms with Gasteiger partial charge in [-0.15, -0.1) is 0 Å². The number of hydrogen-bond acceptors (Lipinski definition) is 6. The number of ether oxygens (including phenoxy) is 3. The van der Waals surface area contributed by atoms with E-state index in [2.05, 4.69) is 5.32 Å². The van der Waals surface area contributed by atoms with Crippen LogP contribution in [-0.2, 0) is 19.0 Å². The third kappa shape index (κ3) is 4.45. The van der Waals surface area contributed by atoms with Gasteiger partial charge in [0.25, 0.3) is 0 Å². The van der Waals surface area contributed by atoms with Gasteiger partial charge in [0, 0.05) is 22.9 Å². The molecule has 2 aliphatic rings. The summed E-state index contributed by atoms with van der Waals surface area (Å²) in [6.07, 6.45) is 1.69. The lowest BCUT2D eigenvalue weighted by molar-refractivity contribution is -0.252. The van der Waals surface area contributed by atoms with E-state index in [0.29, 0.717) is 11.3 Å². The standard InChI is InChI=1S/C23H21NO5/c1-15(12-19(25)16-8-4-2-5-9-16)24-18-13-20-21(28-22(18)26)14-27-23(29-20)17-10-6-3-7-11-17/h2-13,20-21,23-24H,14H2,1H3. The molecule has 3 unspecified atom stereocenters. The van der Waals surface area contributed by atoms with E-state index >= 15 is 0 Å². The Morgan fingerprint density at radius 2 is 1.76 bits per heavy atom. The molecule has 4 rings (SSSR count). The van der Waals surface area contributed by atoms with Crippen LogP contribution in [-0.4, -0.2) is 30.6 Å². The Hall–Kier alpha value is -3.22. The molecular weight excluding hydrogens is 370 g/mol. The molecule has 2 aliphatic heterocycles. The molecule has 148 valence electrons. The lowest BCUT2D eigenvalue weighted by Gasteiger charge is -2.37. The first-order valence-corrected chi connectivity index (χ1v) is 9.39. The maximum atomic E-state index is 12.3. The summed E-state index contributed by atoms with van der Waals surface area (Å²) in [5.74, 6) is -0.652. The monoisotopic (exact) mass is 391 g/mol. The smallest absolute Gasteiger partial charge is 0.354 e. The van der Waals surface area contributed by atoms with Crippen molar-refractivity contribution in [2.75, 3.05) is 6.61 Å². The average Bonchev–Trinajstić information content (AvgIpc) is 2.75. The Bertz CT molecular complexity index is 952. The Balaban J connectivity index is 1.47. The highest BCUT2D eigenvalue weighted by Crippen LogP contribution is 2.30. The Kier molecular flexibility index (Phi) is 5.55. The van der Waals surface area contributed by atoms with E-state index in [-0.39, 0.29) is 18.1 Å². The molecule has 2 aromatic carbocycles. The number of rotatable bonds is 5. The predicted octanol–water partition coefficient (Wildman–Crippen LogP) is 3.29. The van der Waals surface area contributed by atoms with Gasteiger partial charge in [0.2, 0.25) is 0 Å². The average molecular weight is 391 g/mol. The lowest BCUT2D eigenvalue weighted by atomic mass is 10.1. The van der Waals surface area contributed by atoms with Gasteiger partial charge < -0.3 is 19.5 Å². The van der Waals surface area contributed by atoms with Crippen molar-refractivity contribution in [3.8, 4) is 0 Å². The van der Waals surface area contributed by atoms with Crippen molar-refractivity contribution in [2.45, 2.75) is 25.4 Å². The summed E-state index contributed by atoms with van der Waals surface area (Å²) in [6, 6.07) is 18.5. The molecule has 0 aliphatic carbocycles.